The number of benzene rings is 2. The van der Waals surface area contributed by atoms with E-state index in [1.54, 1.807) is 27.4 Å². The second-order valence-corrected chi connectivity index (χ2v) is 9.34. The van der Waals surface area contributed by atoms with Crippen molar-refractivity contribution in [2.45, 2.75) is 31.8 Å². The van der Waals surface area contributed by atoms with Crippen LogP contribution >= 0.6 is 0 Å². The molecule has 8 nitrogen and oxygen atoms in total. The third kappa shape index (κ3) is 4.98. The van der Waals surface area contributed by atoms with Gasteiger partial charge in [0.25, 0.3) is 0 Å². The van der Waals surface area contributed by atoms with Crippen molar-refractivity contribution in [3.8, 4) is 34.5 Å². The van der Waals surface area contributed by atoms with E-state index in [0.29, 0.717) is 41.1 Å². The number of carbonyl (C=O) groups is 1. The Balaban J connectivity index is 1.70. The van der Waals surface area contributed by atoms with Crippen molar-refractivity contribution in [2.24, 2.45) is 11.8 Å². The number of hydrogen-bond donors (Lipinski definition) is 1. The third-order valence-corrected chi connectivity index (χ3v) is 7.13. The fourth-order valence-electron chi connectivity index (χ4n) is 5.31. The fraction of sp³-hybridized carbons (Fsp3) is 0.519. The van der Waals surface area contributed by atoms with Crippen molar-refractivity contribution >= 4 is 5.78 Å². The van der Waals surface area contributed by atoms with Gasteiger partial charge in [-0.2, -0.15) is 0 Å². The number of methoxy groups -OCH3 is 4. The molecule has 0 amide bonds. The number of phenolic OH excluding ortho intramolecular Hbond substituents is 1. The standard InChI is InChI=1S/C27H35NO7/c1-28-10-9-16(15-28)7-6-8-19-25(30)24-20(29)13-18(31-2)14-21(24)35-26(19)17-11-22(32-3)27(34-5)23(12-17)33-4/h11-14,16,19,26,29H,6-10,15H2,1-5H3. The van der Waals surface area contributed by atoms with Gasteiger partial charge in [-0.15, -0.1) is 0 Å². The third-order valence-electron chi connectivity index (χ3n) is 7.13. The number of aromatic hydroxyl groups is 1. The smallest absolute Gasteiger partial charge is 0.203 e. The molecule has 190 valence electrons. The molecule has 2 aromatic carbocycles. The van der Waals surface area contributed by atoms with E-state index in [4.69, 9.17) is 23.7 Å². The van der Waals surface area contributed by atoms with Crippen molar-refractivity contribution in [3.05, 3.63) is 35.4 Å². The summed E-state index contributed by atoms with van der Waals surface area (Å²) >= 11 is 0. The maximum absolute atomic E-state index is 13.8. The fourth-order valence-corrected chi connectivity index (χ4v) is 5.31. The minimum Gasteiger partial charge on any atom is -0.507 e. The second kappa shape index (κ2) is 10.6. The van der Waals surface area contributed by atoms with E-state index in [1.807, 2.05) is 12.1 Å². The molecule has 0 bridgehead atoms. The molecule has 1 fully saturated rings. The lowest BCUT2D eigenvalue weighted by molar-refractivity contribution is 0.0620. The minimum atomic E-state index is -0.582. The Bertz CT molecular complexity index is 1040. The number of Topliss-reactive ketones (excluding diaryl/α,β-unsaturated/α-hetero) is 1. The molecule has 2 aliphatic heterocycles. The molecule has 8 heteroatoms. The Kier molecular flexibility index (Phi) is 7.60. The second-order valence-electron chi connectivity index (χ2n) is 9.34. The Morgan fingerprint density at radius 3 is 2.29 bits per heavy atom. The molecule has 0 radical (unpaired) electrons. The molecule has 0 spiro atoms. The average molecular weight is 486 g/mol. The number of nitrogens with zero attached hydrogens (tertiary/aromatic N) is 1. The summed E-state index contributed by atoms with van der Waals surface area (Å²) in [6.45, 7) is 2.21. The molecule has 35 heavy (non-hydrogen) atoms. The first-order valence-corrected chi connectivity index (χ1v) is 12.0. The van der Waals surface area contributed by atoms with Crippen LogP contribution in [0.15, 0.2) is 24.3 Å². The van der Waals surface area contributed by atoms with Crippen LogP contribution in [0, 0.1) is 11.8 Å². The maximum Gasteiger partial charge on any atom is 0.203 e. The predicted octanol–water partition coefficient (Wildman–Crippen LogP) is 4.48. The van der Waals surface area contributed by atoms with E-state index in [0.717, 1.165) is 31.5 Å². The van der Waals surface area contributed by atoms with E-state index in [-0.39, 0.29) is 17.1 Å². The highest BCUT2D eigenvalue weighted by atomic mass is 16.5. The van der Waals surface area contributed by atoms with Crippen LogP contribution in [0.2, 0.25) is 0 Å². The van der Waals surface area contributed by atoms with Gasteiger partial charge in [0.1, 0.15) is 28.9 Å². The van der Waals surface area contributed by atoms with Crippen molar-refractivity contribution in [1.29, 1.82) is 0 Å². The Labute approximate surface area is 206 Å². The molecular weight excluding hydrogens is 450 g/mol. The Morgan fingerprint density at radius 1 is 1.00 bits per heavy atom. The van der Waals surface area contributed by atoms with Gasteiger partial charge in [-0.25, -0.2) is 0 Å². The molecule has 2 heterocycles. The molecule has 3 atom stereocenters. The van der Waals surface area contributed by atoms with Gasteiger partial charge in [-0.1, -0.05) is 6.42 Å². The zero-order chi connectivity index (χ0) is 25.1. The molecule has 0 aromatic heterocycles. The van der Waals surface area contributed by atoms with Crippen LogP contribution in [-0.2, 0) is 0 Å². The van der Waals surface area contributed by atoms with Gasteiger partial charge in [0, 0.05) is 24.2 Å². The predicted molar refractivity (Wildman–Crippen MR) is 131 cm³/mol. The Morgan fingerprint density at radius 2 is 1.71 bits per heavy atom. The quantitative estimate of drug-likeness (QED) is 0.556. The summed E-state index contributed by atoms with van der Waals surface area (Å²) in [5.41, 5.74) is 0.950. The molecule has 0 aliphatic carbocycles. The topological polar surface area (TPSA) is 86.7 Å². The van der Waals surface area contributed by atoms with Crippen molar-refractivity contribution in [1.82, 2.24) is 4.90 Å². The maximum atomic E-state index is 13.8. The summed E-state index contributed by atoms with van der Waals surface area (Å²) < 4.78 is 28.3. The lowest BCUT2D eigenvalue weighted by Crippen LogP contribution is -2.32. The molecule has 1 saturated heterocycles. The molecule has 4 rings (SSSR count). The number of likely N-dealkylation sites (tertiary alicyclic amines) is 1. The first-order valence-electron chi connectivity index (χ1n) is 12.0. The van der Waals surface area contributed by atoms with E-state index >= 15 is 0 Å². The van der Waals surface area contributed by atoms with E-state index in [1.165, 1.54) is 19.6 Å². The lowest BCUT2D eigenvalue weighted by Gasteiger charge is -2.34. The summed E-state index contributed by atoms with van der Waals surface area (Å²) in [6, 6.07) is 6.74. The summed E-state index contributed by atoms with van der Waals surface area (Å²) in [6.07, 6.45) is 3.20. The van der Waals surface area contributed by atoms with Crippen LogP contribution in [0.4, 0.5) is 0 Å². The van der Waals surface area contributed by atoms with Crippen LogP contribution in [0.1, 0.15) is 47.7 Å². The van der Waals surface area contributed by atoms with Crippen LogP contribution in [-0.4, -0.2) is 64.4 Å². The minimum absolute atomic E-state index is 0.130. The number of fused-ring (bicyclic) bond motifs is 1. The average Bonchev–Trinajstić information content (AvgIpc) is 3.28. The van der Waals surface area contributed by atoms with Gasteiger partial charge >= 0.3 is 0 Å². The van der Waals surface area contributed by atoms with E-state index < -0.39 is 12.0 Å². The molecule has 2 aliphatic rings. The van der Waals surface area contributed by atoms with Crippen LogP contribution in [0.3, 0.4) is 0 Å². The highest BCUT2D eigenvalue weighted by Gasteiger charge is 2.41. The largest absolute Gasteiger partial charge is 0.507 e. The van der Waals surface area contributed by atoms with Gasteiger partial charge in [-0.3, -0.25) is 4.79 Å². The summed E-state index contributed by atoms with van der Waals surface area (Å²) in [4.78, 5) is 16.1. The monoisotopic (exact) mass is 485 g/mol. The van der Waals surface area contributed by atoms with Crippen molar-refractivity contribution in [3.63, 3.8) is 0 Å². The zero-order valence-electron chi connectivity index (χ0n) is 21.1. The zero-order valence-corrected chi connectivity index (χ0v) is 21.1. The van der Waals surface area contributed by atoms with Gasteiger partial charge in [0.15, 0.2) is 17.3 Å². The number of hydrogen-bond acceptors (Lipinski definition) is 8. The molecule has 0 saturated carbocycles. The first-order chi connectivity index (χ1) is 16.9. The molecular formula is C27H35NO7. The van der Waals surface area contributed by atoms with Gasteiger partial charge in [0.05, 0.1) is 34.4 Å². The van der Waals surface area contributed by atoms with Gasteiger partial charge in [-0.05, 0) is 50.9 Å². The summed E-state index contributed by atoms with van der Waals surface area (Å²) in [7, 11) is 8.32. The van der Waals surface area contributed by atoms with Crippen LogP contribution in [0.5, 0.6) is 34.5 Å². The van der Waals surface area contributed by atoms with Gasteiger partial charge < -0.3 is 33.7 Å². The van der Waals surface area contributed by atoms with E-state index in [2.05, 4.69) is 11.9 Å². The molecule has 3 unspecified atom stereocenters. The highest BCUT2D eigenvalue weighted by Crippen LogP contribution is 2.48. The van der Waals surface area contributed by atoms with Crippen LogP contribution in [0.25, 0.3) is 0 Å². The van der Waals surface area contributed by atoms with Crippen molar-refractivity contribution < 1.29 is 33.6 Å². The van der Waals surface area contributed by atoms with E-state index in [9.17, 15) is 9.90 Å². The van der Waals surface area contributed by atoms with Crippen LogP contribution < -0.4 is 23.7 Å². The number of phenols is 1. The number of ether oxygens (including phenoxy) is 5. The summed E-state index contributed by atoms with van der Waals surface area (Å²) in [5.74, 6) is 2.09. The first kappa shape index (κ1) is 25.0. The molecule has 2 aromatic rings. The number of rotatable bonds is 9. The highest BCUT2D eigenvalue weighted by molar-refractivity contribution is 6.04. The number of ketones is 1. The molecule has 1 N–H and O–H groups in total. The van der Waals surface area contributed by atoms with Gasteiger partial charge in [0.2, 0.25) is 5.75 Å². The normalized spacial score (nSPS) is 21.9. The Hall–Kier alpha value is -3.13. The lowest BCUT2D eigenvalue weighted by atomic mass is 9.81. The number of carbonyl (C=O) groups excluding carboxylic acids is 1. The van der Waals surface area contributed by atoms with Crippen molar-refractivity contribution in [2.75, 3.05) is 48.6 Å². The SMILES string of the molecule is COc1cc(O)c2c(c1)OC(c1cc(OC)c(OC)c(OC)c1)C(CCCC1CCN(C)C1)C2=O. The summed E-state index contributed by atoms with van der Waals surface area (Å²) in [5, 5.41) is 10.6.